The standard InChI is InChI=1S/C9H14O/c1-7-4-3-5-9(6-7)8(2)10/h4,6,8,10H,3,5H2,1-2H3. The molecule has 0 aromatic carbocycles. The lowest BCUT2D eigenvalue weighted by molar-refractivity contribution is 0.226. The first-order valence-electron chi connectivity index (χ1n) is 3.75. The quantitative estimate of drug-likeness (QED) is 0.588. The van der Waals surface area contributed by atoms with Crippen molar-refractivity contribution in [2.75, 3.05) is 0 Å². The number of hydrogen-bond acceptors (Lipinski definition) is 1. The van der Waals surface area contributed by atoms with Crippen LogP contribution in [-0.4, -0.2) is 11.2 Å². The topological polar surface area (TPSA) is 20.2 Å². The Morgan fingerprint density at radius 3 is 2.70 bits per heavy atom. The number of rotatable bonds is 1. The smallest absolute Gasteiger partial charge is 0.0725 e. The summed E-state index contributed by atoms with van der Waals surface area (Å²) >= 11 is 0. The van der Waals surface area contributed by atoms with Crippen LogP contribution in [-0.2, 0) is 0 Å². The molecule has 0 fully saturated rings. The van der Waals surface area contributed by atoms with Crippen LogP contribution < -0.4 is 0 Å². The summed E-state index contributed by atoms with van der Waals surface area (Å²) in [6.07, 6.45) is 6.13. The van der Waals surface area contributed by atoms with Crippen LogP contribution in [0.15, 0.2) is 23.3 Å². The number of aliphatic hydroxyl groups excluding tert-OH is 1. The summed E-state index contributed by atoms with van der Waals surface area (Å²) in [5.74, 6) is 0. The minimum Gasteiger partial charge on any atom is -0.389 e. The molecule has 0 aliphatic heterocycles. The Kier molecular flexibility index (Phi) is 2.28. The predicted octanol–water partition coefficient (Wildman–Crippen LogP) is 2.03. The number of allylic oxidation sites excluding steroid dienone is 3. The van der Waals surface area contributed by atoms with Crippen molar-refractivity contribution < 1.29 is 5.11 Å². The van der Waals surface area contributed by atoms with Crippen LogP contribution in [0.2, 0.25) is 0 Å². The van der Waals surface area contributed by atoms with E-state index in [2.05, 4.69) is 19.1 Å². The van der Waals surface area contributed by atoms with Crippen molar-refractivity contribution in [1.29, 1.82) is 0 Å². The van der Waals surface area contributed by atoms with Crippen molar-refractivity contribution in [3.63, 3.8) is 0 Å². The molecule has 0 spiro atoms. The molecular formula is C9H14O. The lowest BCUT2D eigenvalue weighted by atomic mass is 9.97. The highest BCUT2D eigenvalue weighted by Crippen LogP contribution is 2.19. The molecule has 0 saturated carbocycles. The first kappa shape index (κ1) is 7.55. The number of aliphatic hydroxyl groups is 1. The Bertz CT molecular complexity index is 175. The molecule has 0 aromatic rings. The van der Waals surface area contributed by atoms with Gasteiger partial charge in [-0.2, -0.15) is 0 Å². The lowest BCUT2D eigenvalue weighted by Gasteiger charge is -2.13. The van der Waals surface area contributed by atoms with Gasteiger partial charge >= 0.3 is 0 Å². The van der Waals surface area contributed by atoms with Gasteiger partial charge in [-0.3, -0.25) is 0 Å². The van der Waals surface area contributed by atoms with Crippen molar-refractivity contribution in [1.82, 2.24) is 0 Å². The summed E-state index contributed by atoms with van der Waals surface area (Å²) < 4.78 is 0. The van der Waals surface area contributed by atoms with Gasteiger partial charge in [-0.1, -0.05) is 17.7 Å². The van der Waals surface area contributed by atoms with Crippen LogP contribution in [0.4, 0.5) is 0 Å². The van der Waals surface area contributed by atoms with Crippen molar-refractivity contribution in [2.45, 2.75) is 32.8 Å². The molecule has 10 heavy (non-hydrogen) atoms. The Balaban J connectivity index is 2.69. The maximum absolute atomic E-state index is 9.20. The predicted molar refractivity (Wildman–Crippen MR) is 42.8 cm³/mol. The first-order chi connectivity index (χ1) is 4.70. The van der Waals surface area contributed by atoms with E-state index >= 15 is 0 Å². The third-order valence-corrected chi connectivity index (χ3v) is 1.85. The summed E-state index contributed by atoms with van der Waals surface area (Å²) in [6.45, 7) is 3.89. The highest BCUT2D eigenvalue weighted by Gasteiger charge is 2.06. The molecule has 1 nitrogen and oxygen atoms in total. The summed E-state index contributed by atoms with van der Waals surface area (Å²) in [6, 6.07) is 0. The van der Waals surface area contributed by atoms with Crippen LogP contribution in [0, 0.1) is 0 Å². The van der Waals surface area contributed by atoms with Gasteiger partial charge in [0.25, 0.3) is 0 Å². The van der Waals surface area contributed by atoms with E-state index in [1.807, 2.05) is 6.92 Å². The molecule has 56 valence electrons. The highest BCUT2D eigenvalue weighted by atomic mass is 16.3. The molecule has 0 heterocycles. The van der Waals surface area contributed by atoms with Gasteiger partial charge < -0.3 is 5.11 Å². The fraction of sp³-hybridized carbons (Fsp3) is 0.556. The van der Waals surface area contributed by atoms with Gasteiger partial charge in [0.05, 0.1) is 6.10 Å². The van der Waals surface area contributed by atoms with E-state index in [1.54, 1.807) is 0 Å². The average Bonchev–Trinajstić information content (AvgIpc) is 1.88. The average molecular weight is 138 g/mol. The zero-order valence-electron chi connectivity index (χ0n) is 6.59. The largest absolute Gasteiger partial charge is 0.389 e. The van der Waals surface area contributed by atoms with Gasteiger partial charge in [-0.25, -0.2) is 0 Å². The Hall–Kier alpha value is -0.560. The third kappa shape index (κ3) is 1.71. The van der Waals surface area contributed by atoms with Crippen molar-refractivity contribution >= 4 is 0 Å². The second-order valence-corrected chi connectivity index (χ2v) is 2.88. The van der Waals surface area contributed by atoms with E-state index in [1.165, 1.54) is 11.1 Å². The van der Waals surface area contributed by atoms with E-state index in [-0.39, 0.29) is 6.10 Å². The molecule has 1 aliphatic carbocycles. The zero-order chi connectivity index (χ0) is 7.56. The molecule has 0 bridgehead atoms. The summed E-state index contributed by atoms with van der Waals surface area (Å²) in [4.78, 5) is 0. The summed E-state index contributed by atoms with van der Waals surface area (Å²) in [5, 5.41) is 9.20. The maximum Gasteiger partial charge on any atom is 0.0725 e. The Labute approximate surface area is 62.1 Å². The monoisotopic (exact) mass is 138 g/mol. The Morgan fingerprint density at radius 2 is 2.30 bits per heavy atom. The van der Waals surface area contributed by atoms with Gasteiger partial charge in [0, 0.05) is 0 Å². The van der Waals surface area contributed by atoms with Crippen LogP contribution in [0.5, 0.6) is 0 Å². The van der Waals surface area contributed by atoms with Gasteiger partial charge in [0.1, 0.15) is 0 Å². The first-order valence-corrected chi connectivity index (χ1v) is 3.75. The second-order valence-electron chi connectivity index (χ2n) is 2.88. The van der Waals surface area contributed by atoms with Gasteiger partial charge in [0.2, 0.25) is 0 Å². The maximum atomic E-state index is 9.20. The molecular weight excluding hydrogens is 124 g/mol. The molecule has 1 heteroatoms. The molecule has 0 aromatic heterocycles. The van der Waals surface area contributed by atoms with Crippen LogP contribution in [0.3, 0.4) is 0 Å². The molecule has 0 radical (unpaired) electrons. The van der Waals surface area contributed by atoms with E-state index < -0.39 is 0 Å². The van der Waals surface area contributed by atoms with Crippen molar-refractivity contribution in [3.8, 4) is 0 Å². The minimum absolute atomic E-state index is 0.261. The lowest BCUT2D eigenvalue weighted by Crippen LogP contribution is -2.06. The van der Waals surface area contributed by atoms with E-state index in [0.29, 0.717) is 0 Å². The zero-order valence-corrected chi connectivity index (χ0v) is 6.59. The summed E-state index contributed by atoms with van der Waals surface area (Å²) in [7, 11) is 0. The molecule has 1 unspecified atom stereocenters. The fourth-order valence-electron chi connectivity index (χ4n) is 1.22. The molecule has 1 aliphatic rings. The SMILES string of the molecule is CC1=CCCC(C(C)O)=C1. The van der Waals surface area contributed by atoms with Crippen LogP contribution in [0.1, 0.15) is 26.7 Å². The van der Waals surface area contributed by atoms with Crippen molar-refractivity contribution in [3.05, 3.63) is 23.3 Å². The minimum atomic E-state index is -0.261. The molecule has 0 saturated heterocycles. The van der Waals surface area contributed by atoms with Gasteiger partial charge in [0.15, 0.2) is 0 Å². The third-order valence-electron chi connectivity index (χ3n) is 1.85. The van der Waals surface area contributed by atoms with Gasteiger partial charge in [-0.15, -0.1) is 0 Å². The molecule has 1 N–H and O–H groups in total. The Morgan fingerprint density at radius 1 is 1.60 bits per heavy atom. The molecule has 1 rings (SSSR count). The van der Waals surface area contributed by atoms with Crippen molar-refractivity contribution in [2.24, 2.45) is 0 Å². The van der Waals surface area contributed by atoms with E-state index in [4.69, 9.17) is 0 Å². The van der Waals surface area contributed by atoms with E-state index in [9.17, 15) is 5.11 Å². The fourth-order valence-corrected chi connectivity index (χ4v) is 1.22. The normalized spacial score (nSPS) is 21.5. The van der Waals surface area contributed by atoms with Crippen LogP contribution >= 0.6 is 0 Å². The molecule has 0 amide bonds. The molecule has 1 atom stereocenters. The van der Waals surface area contributed by atoms with E-state index in [0.717, 1.165) is 12.8 Å². The number of hydrogen-bond donors (Lipinski definition) is 1. The van der Waals surface area contributed by atoms with Gasteiger partial charge in [-0.05, 0) is 32.3 Å². The second kappa shape index (κ2) is 3.02. The highest BCUT2D eigenvalue weighted by molar-refractivity contribution is 5.27. The summed E-state index contributed by atoms with van der Waals surface area (Å²) in [5.41, 5.74) is 2.45. The van der Waals surface area contributed by atoms with Crippen LogP contribution in [0.25, 0.3) is 0 Å².